The largest absolute Gasteiger partial charge is 0.115 e. The van der Waals surface area contributed by atoms with Gasteiger partial charge < -0.3 is 0 Å². The van der Waals surface area contributed by atoms with Gasteiger partial charge in [-0.2, -0.15) is 0 Å². The number of hydrogen-bond acceptors (Lipinski definition) is 0. The molecule has 0 bridgehead atoms. The van der Waals surface area contributed by atoms with Crippen LogP contribution >= 0.6 is 0 Å². The summed E-state index contributed by atoms with van der Waals surface area (Å²) >= 11 is 0. The van der Waals surface area contributed by atoms with Crippen LogP contribution in [0.25, 0.3) is 43.1 Å². The van der Waals surface area contributed by atoms with E-state index in [9.17, 15) is 0 Å². The topological polar surface area (TPSA) is 0 Å². The van der Waals surface area contributed by atoms with E-state index in [2.05, 4.69) is 85.6 Å². The minimum atomic E-state index is 0.781. The monoisotopic (exact) mass is 372 g/mol. The molecule has 0 aliphatic rings. The van der Waals surface area contributed by atoms with Crippen molar-refractivity contribution in [3.63, 3.8) is 0 Å². The molecule has 0 saturated carbocycles. The normalized spacial score (nSPS) is 11.4. The molecule has 0 amide bonds. The number of rotatable bonds is 3. The Balaban J connectivity index is 1.76. The quantitative estimate of drug-likeness (QED) is 0.194. The Hall–Kier alpha value is -3.08. The van der Waals surface area contributed by atoms with Gasteiger partial charge in [-0.05, 0) is 90.7 Å². The maximum absolute atomic E-state index is 5.81. The van der Waals surface area contributed by atoms with Crippen LogP contribution in [0.4, 0.5) is 0 Å². The van der Waals surface area contributed by atoms with Crippen LogP contribution in [0.2, 0.25) is 6.04 Å². The Labute approximate surface area is 168 Å². The first-order valence-electron chi connectivity index (χ1n) is 9.80. The first-order valence-corrected chi connectivity index (χ1v) is 11.0. The van der Waals surface area contributed by atoms with E-state index in [-0.39, 0.29) is 0 Å². The summed E-state index contributed by atoms with van der Waals surface area (Å²) in [7, 11) is 0.781. The van der Waals surface area contributed by atoms with Gasteiger partial charge in [0.25, 0.3) is 0 Å². The van der Waals surface area contributed by atoms with Crippen molar-refractivity contribution in [3.8, 4) is 12.3 Å². The van der Waals surface area contributed by atoms with Crippen LogP contribution in [-0.4, -0.2) is 9.52 Å². The third-order valence-electron chi connectivity index (χ3n) is 5.47. The average molecular weight is 373 g/mol. The Kier molecular flexibility index (Phi) is 4.15. The fraction of sp³-hybridized carbons (Fsp3) is 0.111. The molecule has 0 aromatic heterocycles. The zero-order valence-electron chi connectivity index (χ0n) is 15.9. The van der Waals surface area contributed by atoms with Crippen LogP contribution in [0, 0.1) is 12.3 Å². The van der Waals surface area contributed by atoms with Crippen molar-refractivity contribution in [2.24, 2.45) is 0 Å². The molecule has 0 aliphatic carbocycles. The molecule has 0 nitrogen and oxygen atoms in total. The molecule has 132 valence electrons. The summed E-state index contributed by atoms with van der Waals surface area (Å²) in [5, 5.41) is 11.5. The first kappa shape index (κ1) is 17.0. The van der Waals surface area contributed by atoms with Gasteiger partial charge in [-0.15, -0.1) is 6.42 Å². The molecule has 5 rings (SSSR count). The highest BCUT2D eigenvalue weighted by atomic mass is 28.2. The summed E-state index contributed by atoms with van der Waals surface area (Å²) in [5.74, 6) is 2.90. The Bertz CT molecular complexity index is 1400. The van der Waals surface area contributed by atoms with Crippen molar-refractivity contribution in [2.75, 3.05) is 0 Å². The van der Waals surface area contributed by atoms with Gasteiger partial charge in [0, 0.05) is 5.56 Å². The van der Waals surface area contributed by atoms with E-state index in [0.717, 1.165) is 15.1 Å². The average Bonchev–Trinajstić information content (AvgIpc) is 2.72. The van der Waals surface area contributed by atoms with Gasteiger partial charge in [-0.25, -0.2) is 0 Å². The summed E-state index contributed by atoms with van der Waals surface area (Å²) in [4.78, 5) is 0. The molecule has 1 heteroatoms. The summed E-state index contributed by atoms with van der Waals surface area (Å²) in [6, 6.07) is 28.1. The van der Waals surface area contributed by atoms with Gasteiger partial charge in [0.2, 0.25) is 0 Å². The highest BCUT2D eigenvalue weighted by Crippen LogP contribution is 2.30. The SMILES string of the molecule is C#Cc1cc2cc3cc4cc5ccccc5cc4cc3cc2cc1[Si]CCC. The van der Waals surface area contributed by atoms with Crippen LogP contribution in [0.1, 0.15) is 18.9 Å². The second-order valence-electron chi connectivity index (χ2n) is 7.41. The molecular formula is C27H20Si. The maximum atomic E-state index is 5.81. The summed E-state index contributed by atoms with van der Waals surface area (Å²) < 4.78 is 0. The fourth-order valence-corrected chi connectivity index (χ4v) is 5.13. The third-order valence-corrected chi connectivity index (χ3v) is 7.02. The second-order valence-corrected chi connectivity index (χ2v) is 8.81. The molecule has 0 spiro atoms. The van der Waals surface area contributed by atoms with Gasteiger partial charge in [0.05, 0.1) is 9.52 Å². The number of benzene rings is 5. The van der Waals surface area contributed by atoms with Crippen molar-refractivity contribution < 1.29 is 0 Å². The lowest BCUT2D eigenvalue weighted by molar-refractivity contribution is 1.08. The van der Waals surface area contributed by atoms with E-state index in [1.54, 1.807) is 0 Å². The molecule has 2 radical (unpaired) electrons. The van der Waals surface area contributed by atoms with Crippen LogP contribution in [0.5, 0.6) is 0 Å². The highest BCUT2D eigenvalue weighted by Gasteiger charge is 2.07. The number of fused-ring (bicyclic) bond motifs is 4. The van der Waals surface area contributed by atoms with Gasteiger partial charge in [0.15, 0.2) is 0 Å². The van der Waals surface area contributed by atoms with E-state index >= 15 is 0 Å². The third kappa shape index (κ3) is 2.87. The van der Waals surface area contributed by atoms with Crippen molar-refractivity contribution in [2.45, 2.75) is 19.4 Å². The zero-order valence-corrected chi connectivity index (χ0v) is 16.9. The predicted octanol–water partition coefficient (Wildman–Crippen LogP) is 6.44. The molecule has 0 unspecified atom stereocenters. The van der Waals surface area contributed by atoms with Crippen molar-refractivity contribution in [3.05, 3.63) is 78.4 Å². The molecule has 0 fully saturated rings. The van der Waals surface area contributed by atoms with Crippen molar-refractivity contribution >= 4 is 57.8 Å². The van der Waals surface area contributed by atoms with Gasteiger partial charge in [0.1, 0.15) is 0 Å². The molecular weight excluding hydrogens is 352 g/mol. The number of hydrogen-bond donors (Lipinski definition) is 0. The van der Waals surface area contributed by atoms with Gasteiger partial charge in [-0.1, -0.05) is 55.6 Å². The second kappa shape index (κ2) is 6.82. The van der Waals surface area contributed by atoms with Crippen LogP contribution < -0.4 is 5.19 Å². The maximum Gasteiger partial charge on any atom is 0.0825 e. The van der Waals surface area contributed by atoms with E-state index < -0.39 is 0 Å². The molecule has 5 aromatic carbocycles. The summed E-state index contributed by atoms with van der Waals surface area (Å²) in [6.45, 7) is 2.23. The van der Waals surface area contributed by atoms with E-state index in [1.165, 1.54) is 60.7 Å². The van der Waals surface area contributed by atoms with E-state index in [4.69, 9.17) is 6.42 Å². The van der Waals surface area contributed by atoms with Crippen LogP contribution in [0.3, 0.4) is 0 Å². The first-order chi connectivity index (χ1) is 13.7. The summed E-state index contributed by atoms with van der Waals surface area (Å²) in [6.07, 6.45) is 7.00. The molecule has 0 saturated heterocycles. The Morgan fingerprint density at radius 3 is 1.64 bits per heavy atom. The van der Waals surface area contributed by atoms with Crippen molar-refractivity contribution in [1.82, 2.24) is 0 Å². The predicted molar refractivity (Wildman–Crippen MR) is 125 cm³/mol. The fourth-order valence-electron chi connectivity index (χ4n) is 4.02. The minimum absolute atomic E-state index is 0.781. The molecule has 0 aliphatic heterocycles. The van der Waals surface area contributed by atoms with Gasteiger partial charge >= 0.3 is 0 Å². The van der Waals surface area contributed by atoms with Crippen molar-refractivity contribution in [1.29, 1.82) is 0 Å². The van der Waals surface area contributed by atoms with Crippen LogP contribution in [-0.2, 0) is 0 Å². The van der Waals surface area contributed by atoms with E-state index in [0.29, 0.717) is 0 Å². The number of terminal acetylenes is 1. The minimum Gasteiger partial charge on any atom is -0.115 e. The molecule has 0 atom stereocenters. The smallest absolute Gasteiger partial charge is 0.0825 e. The van der Waals surface area contributed by atoms with Crippen LogP contribution in [0.15, 0.2) is 72.8 Å². The standard InChI is InChI=1S/C27H20Si/c1-3-9-28-27-17-26-16-25-15-23-12-20-8-6-5-7-19(20)11-22(23)14-24(25)13-21(26)10-18(27)4-2/h2,5-8,10-17H,3,9H2,1H3. The van der Waals surface area contributed by atoms with E-state index in [1.807, 2.05) is 0 Å². The lowest BCUT2D eigenvalue weighted by Gasteiger charge is -2.10. The molecule has 28 heavy (non-hydrogen) atoms. The molecule has 0 N–H and O–H groups in total. The lowest BCUT2D eigenvalue weighted by atomic mass is 9.97. The zero-order chi connectivity index (χ0) is 19.1. The highest BCUT2D eigenvalue weighted by molar-refractivity contribution is 6.54. The summed E-state index contributed by atoms with van der Waals surface area (Å²) in [5.41, 5.74) is 1.05. The Morgan fingerprint density at radius 1 is 0.679 bits per heavy atom. The van der Waals surface area contributed by atoms with Gasteiger partial charge in [-0.3, -0.25) is 0 Å². The lowest BCUT2D eigenvalue weighted by Crippen LogP contribution is -2.17. The molecule has 5 aromatic rings. The molecule has 0 heterocycles. The Morgan fingerprint density at radius 2 is 1.14 bits per heavy atom.